The highest BCUT2D eigenvalue weighted by molar-refractivity contribution is 9.10. The quantitative estimate of drug-likeness (QED) is 0.827. The molecule has 0 unspecified atom stereocenters. The average Bonchev–Trinajstić information content (AvgIpc) is 2.78. The van der Waals surface area contributed by atoms with Crippen molar-refractivity contribution in [3.05, 3.63) is 52.0 Å². The molecule has 1 heterocycles. The van der Waals surface area contributed by atoms with Gasteiger partial charge in [0, 0.05) is 16.6 Å². The zero-order valence-electron chi connectivity index (χ0n) is 10.7. The first-order valence-electron chi connectivity index (χ1n) is 6.38. The summed E-state index contributed by atoms with van der Waals surface area (Å²) in [5.41, 5.74) is 5.21. The number of rotatable bonds is 3. The number of hydrogen-bond donors (Lipinski definition) is 2. The molecule has 3 nitrogen and oxygen atoms in total. The van der Waals surface area contributed by atoms with Crippen molar-refractivity contribution >= 4 is 33.7 Å². The summed E-state index contributed by atoms with van der Waals surface area (Å²) in [5.74, 6) is 0.0454. The Labute approximate surface area is 125 Å². The number of nitrogens with one attached hydrogen (secondary N) is 2. The van der Waals surface area contributed by atoms with Gasteiger partial charge in [0.1, 0.15) is 0 Å². The van der Waals surface area contributed by atoms with E-state index in [-0.39, 0.29) is 5.91 Å². The van der Waals surface area contributed by atoms with E-state index in [1.807, 2.05) is 30.3 Å². The third-order valence-electron chi connectivity index (χ3n) is 3.44. The molecule has 3 rings (SSSR count). The second kappa shape index (κ2) is 5.21. The minimum Gasteiger partial charge on any atom is -0.326 e. The summed E-state index contributed by atoms with van der Waals surface area (Å²) in [6, 6.07) is 12.0. The Morgan fingerprint density at radius 2 is 2.15 bits per heavy atom. The van der Waals surface area contributed by atoms with Crippen molar-refractivity contribution in [2.75, 3.05) is 5.32 Å². The summed E-state index contributed by atoms with van der Waals surface area (Å²) in [4.78, 5) is 11.4. The van der Waals surface area contributed by atoms with E-state index >= 15 is 0 Å². The lowest BCUT2D eigenvalue weighted by Crippen LogP contribution is -2.03. The number of anilines is 1. The van der Waals surface area contributed by atoms with Crippen molar-refractivity contribution in [1.82, 2.24) is 0 Å². The van der Waals surface area contributed by atoms with E-state index < -0.39 is 0 Å². The van der Waals surface area contributed by atoms with Gasteiger partial charge in [-0.25, -0.2) is 0 Å². The van der Waals surface area contributed by atoms with Gasteiger partial charge in [-0.15, -0.1) is 0 Å². The molecule has 2 aromatic rings. The number of halogens is 1. The molecule has 0 saturated heterocycles. The maximum Gasteiger partial charge on any atom is 0.228 e. The lowest BCUT2D eigenvalue weighted by molar-refractivity contribution is -0.115. The molecule has 0 spiro atoms. The molecular weight excluding hydrogens is 316 g/mol. The van der Waals surface area contributed by atoms with Crippen LogP contribution in [0.1, 0.15) is 11.1 Å². The van der Waals surface area contributed by atoms with E-state index in [9.17, 15) is 4.79 Å². The fourth-order valence-corrected chi connectivity index (χ4v) is 3.19. The van der Waals surface area contributed by atoms with Crippen LogP contribution in [-0.4, -0.2) is 12.1 Å². The number of amides is 1. The van der Waals surface area contributed by atoms with Crippen LogP contribution in [0.25, 0.3) is 11.1 Å². The van der Waals surface area contributed by atoms with Crippen LogP contribution < -0.4 is 5.32 Å². The number of hydrogen-bond acceptors (Lipinski definition) is 2. The molecule has 4 heteroatoms. The van der Waals surface area contributed by atoms with Crippen LogP contribution in [0.3, 0.4) is 0 Å². The normalized spacial score (nSPS) is 12.9. The van der Waals surface area contributed by atoms with Crippen molar-refractivity contribution in [3.63, 3.8) is 0 Å². The van der Waals surface area contributed by atoms with Crippen molar-refractivity contribution in [1.29, 1.82) is 5.41 Å². The molecule has 1 aliphatic rings. The minimum atomic E-state index is 0.0454. The van der Waals surface area contributed by atoms with Crippen LogP contribution in [0.4, 0.5) is 5.69 Å². The Kier molecular flexibility index (Phi) is 3.40. The third kappa shape index (κ3) is 2.27. The van der Waals surface area contributed by atoms with Crippen molar-refractivity contribution in [2.45, 2.75) is 12.8 Å². The van der Waals surface area contributed by atoms with E-state index in [0.29, 0.717) is 12.8 Å². The maximum atomic E-state index is 11.4. The van der Waals surface area contributed by atoms with E-state index in [2.05, 4.69) is 27.3 Å². The van der Waals surface area contributed by atoms with E-state index in [1.54, 1.807) is 0 Å². The predicted molar refractivity (Wildman–Crippen MR) is 84.4 cm³/mol. The van der Waals surface area contributed by atoms with E-state index in [4.69, 9.17) is 5.41 Å². The molecule has 2 N–H and O–H groups in total. The Morgan fingerprint density at radius 1 is 1.30 bits per heavy atom. The lowest BCUT2D eigenvalue weighted by Gasteiger charge is -2.11. The second-order valence-electron chi connectivity index (χ2n) is 4.78. The van der Waals surface area contributed by atoms with Gasteiger partial charge >= 0.3 is 0 Å². The molecule has 0 saturated carbocycles. The highest BCUT2D eigenvalue weighted by Gasteiger charge is 2.19. The largest absolute Gasteiger partial charge is 0.326 e. The lowest BCUT2D eigenvalue weighted by atomic mass is 9.96. The van der Waals surface area contributed by atoms with Crippen molar-refractivity contribution in [3.8, 4) is 11.1 Å². The van der Waals surface area contributed by atoms with Gasteiger partial charge in [-0.05, 0) is 46.7 Å². The van der Waals surface area contributed by atoms with E-state index in [0.717, 1.165) is 32.4 Å². The van der Waals surface area contributed by atoms with Crippen LogP contribution in [0.15, 0.2) is 40.9 Å². The maximum absolute atomic E-state index is 11.4. The zero-order chi connectivity index (χ0) is 14.1. The smallest absolute Gasteiger partial charge is 0.228 e. The monoisotopic (exact) mass is 328 g/mol. The Hall–Kier alpha value is -1.94. The van der Waals surface area contributed by atoms with Crippen molar-refractivity contribution in [2.24, 2.45) is 0 Å². The number of carbonyl (C=O) groups is 1. The molecule has 1 amide bonds. The summed E-state index contributed by atoms with van der Waals surface area (Å²) in [6.45, 7) is 0. The molecule has 2 aromatic carbocycles. The Morgan fingerprint density at radius 3 is 2.95 bits per heavy atom. The van der Waals surface area contributed by atoms with Gasteiger partial charge in [0.15, 0.2) is 0 Å². The first kappa shape index (κ1) is 13.1. The summed E-state index contributed by atoms with van der Waals surface area (Å²) in [6.07, 6.45) is 2.44. The molecule has 0 fully saturated rings. The summed E-state index contributed by atoms with van der Waals surface area (Å²) < 4.78 is 1.01. The fraction of sp³-hybridized carbons (Fsp3) is 0.125. The van der Waals surface area contributed by atoms with Gasteiger partial charge in [-0.2, -0.15) is 0 Å². The Balaban J connectivity index is 2.12. The third-order valence-corrected chi connectivity index (χ3v) is 4.10. The summed E-state index contributed by atoms with van der Waals surface area (Å²) in [7, 11) is 0. The van der Waals surface area contributed by atoms with Gasteiger partial charge in [-0.3, -0.25) is 4.79 Å². The highest BCUT2D eigenvalue weighted by atomic mass is 79.9. The van der Waals surface area contributed by atoms with Crippen LogP contribution in [-0.2, 0) is 17.6 Å². The first-order chi connectivity index (χ1) is 9.69. The SMILES string of the molecule is N=CCc1cccc(Br)c1-c1ccc2c(c1)CC(=O)N2. The van der Waals surface area contributed by atoms with Crippen LogP contribution in [0.2, 0.25) is 0 Å². The molecular formula is C16H13BrN2O. The molecule has 1 aliphatic heterocycles. The predicted octanol–water partition coefficient (Wildman–Crippen LogP) is 3.80. The molecule has 0 aliphatic carbocycles. The minimum absolute atomic E-state index is 0.0454. The molecule has 100 valence electrons. The number of carbonyl (C=O) groups excluding carboxylic acids is 1. The van der Waals surface area contributed by atoms with Gasteiger partial charge < -0.3 is 10.7 Å². The second-order valence-corrected chi connectivity index (χ2v) is 5.63. The standard InChI is InChI=1S/C16H13BrN2O/c17-13-3-1-2-10(6-7-18)16(13)11-4-5-14-12(8-11)9-15(20)19-14/h1-5,7-8,18H,6,9H2,(H,19,20). The average molecular weight is 329 g/mol. The van der Waals surface area contributed by atoms with Gasteiger partial charge in [-0.1, -0.05) is 34.1 Å². The van der Waals surface area contributed by atoms with Crippen LogP contribution in [0, 0.1) is 5.41 Å². The topological polar surface area (TPSA) is 53.0 Å². The van der Waals surface area contributed by atoms with Crippen LogP contribution in [0.5, 0.6) is 0 Å². The Bertz CT molecular complexity index is 710. The molecule has 0 atom stereocenters. The molecule has 20 heavy (non-hydrogen) atoms. The summed E-state index contributed by atoms with van der Waals surface area (Å²) in [5, 5.41) is 10.2. The van der Waals surface area contributed by atoms with Gasteiger partial charge in [0.25, 0.3) is 0 Å². The first-order valence-corrected chi connectivity index (χ1v) is 7.18. The fourth-order valence-electron chi connectivity index (χ4n) is 2.56. The molecule has 0 aromatic heterocycles. The number of fused-ring (bicyclic) bond motifs is 1. The molecule has 0 radical (unpaired) electrons. The van der Waals surface area contributed by atoms with E-state index in [1.165, 1.54) is 6.21 Å². The highest BCUT2D eigenvalue weighted by Crippen LogP contribution is 2.35. The van der Waals surface area contributed by atoms with Crippen molar-refractivity contribution < 1.29 is 4.79 Å². The zero-order valence-corrected chi connectivity index (χ0v) is 12.3. The van der Waals surface area contributed by atoms with Gasteiger partial charge in [0.2, 0.25) is 5.91 Å². The molecule has 0 bridgehead atoms. The van der Waals surface area contributed by atoms with Crippen LogP contribution >= 0.6 is 15.9 Å². The van der Waals surface area contributed by atoms with Gasteiger partial charge in [0.05, 0.1) is 6.42 Å². The summed E-state index contributed by atoms with van der Waals surface area (Å²) >= 11 is 3.59. The number of benzene rings is 2.